The normalized spacial score (nSPS) is 10.4. The lowest BCUT2D eigenvalue weighted by Gasteiger charge is -2.04. The van der Waals surface area contributed by atoms with Crippen molar-refractivity contribution in [1.82, 2.24) is 9.78 Å². The van der Waals surface area contributed by atoms with E-state index in [0.29, 0.717) is 23.4 Å². The van der Waals surface area contributed by atoms with Crippen molar-refractivity contribution in [3.05, 3.63) is 46.2 Å². The number of carbonyl (C=O) groups is 2. The number of aryl methyl sites for hydroxylation is 1. The number of carbonyl (C=O) groups excluding carboxylic acids is 1. The van der Waals surface area contributed by atoms with Gasteiger partial charge in [0.15, 0.2) is 0 Å². The van der Waals surface area contributed by atoms with E-state index in [4.69, 9.17) is 11.6 Å². The van der Waals surface area contributed by atoms with E-state index in [-0.39, 0.29) is 10.7 Å². The van der Waals surface area contributed by atoms with E-state index in [1.165, 1.54) is 11.8 Å². The Morgan fingerprint density at radius 3 is 2.38 bits per heavy atom. The molecule has 0 saturated heterocycles. The zero-order chi connectivity index (χ0) is 15.6. The van der Waals surface area contributed by atoms with Crippen LogP contribution in [0.1, 0.15) is 33.3 Å². The van der Waals surface area contributed by atoms with Crippen LogP contribution in [-0.2, 0) is 11.2 Å². The van der Waals surface area contributed by atoms with Crippen LogP contribution in [0.3, 0.4) is 0 Å². The number of nitrogens with zero attached hydrogens (tertiary/aromatic N) is 2. The summed E-state index contributed by atoms with van der Waals surface area (Å²) < 4.78 is 5.95. The maximum Gasteiger partial charge on any atom is 0.340 e. The monoisotopic (exact) mass is 308 g/mol. The molecule has 0 spiro atoms. The molecule has 0 fully saturated rings. The molecule has 1 aromatic carbocycles. The summed E-state index contributed by atoms with van der Waals surface area (Å²) in [4.78, 5) is 22.6. The van der Waals surface area contributed by atoms with Crippen LogP contribution >= 0.6 is 11.6 Å². The van der Waals surface area contributed by atoms with Gasteiger partial charge in [-0.25, -0.2) is 14.3 Å². The molecule has 0 amide bonds. The molecule has 110 valence electrons. The van der Waals surface area contributed by atoms with Crippen molar-refractivity contribution in [3.63, 3.8) is 0 Å². The summed E-state index contributed by atoms with van der Waals surface area (Å²) in [5.41, 5.74) is 1.36. The highest BCUT2D eigenvalue weighted by atomic mass is 35.5. The molecular weight excluding hydrogens is 296 g/mol. The summed E-state index contributed by atoms with van der Waals surface area (Å²) >= 11 is 6.10. The van der Waals surface area contributed by atoms with Gasteiger partial charge in [0.05, 0.1) is 24.1 Å². The van der Waals surface area contributed by atoms with Crippen molar-refractivity contribution in [2.45, 2.75) is 13.3 Å². The van der Waals surface area contributed by atoms with Gasteiger partial charge in [0, 0.05) is 0 Å². The molecule has 0 saturated carbocycles. The SMILES string of the molecule is CCc1nn(-c2ccc(C(=O)OC)cc2)c(Cl)c1C(=O)O. The van der Waals surface area contributed by atoms with Crippen LogP contribution in [0.2, 0.25) is 5.15 Å². The lowest BCUT2D eigenvalue weighted by Crippen LogP contribution is -2.03. The average Bonchev–Trinajstić information content (AvgIpc) is 2.83. The third-order valence-corrected chi connectivity index (χ3v) is 3.33. The summed E-state index contributed by atoms with van der Waals surface area (Å²) in [5, 5.41) is 13.4. The molecule has 0 radical (unpaired) electrons. The molecule has 0 atom stereocenters. The number of halogens is 1. The largest absolute Gasteiger partial charge is 0.478 e. The van der Waals surface area contributed by atoms with E-state index in [1.54, 1.807) is 31.2 Å². The Balaban J connectivity index is 2.47. The molecule has 21 heavy (non-hydrogen) atoms. The molecule has 0 bridgehead atoms. The predicted molar refractivity (Wildman–Crippen MR) is 76.3 cm³/mol. The maximum absolute atomic E-state index is 11.4. The van der Waals surface area contributed by atoms with Crippen molar-refractivity contribution >= 4 is 23.5 Å². The second kappa shape index (κ2) is 5.97. The Morgan fingerprint density at radius 1 is 1.33 bits per heavy atom. The molecule has 1 heterocycles. The Morgan fingerprint density at radius 2 is 1.95 bits per heavy atom. The number of benzene rings is 1. The van der Waals surface area contributed by atoms with Crippen molar-refractivity contribution < 1.29 is 19.4 Å². The molecule has 1 N–H and O–H groups in total. The lowest BCUT2D eigenvalue weighted by molar-refractivity contribution is 0.0600. The molecule has 6 nitrogen and oxygen atoms in total. The highest BCUT2D eigenvalue weighted by Crippen LogP contribution is 2.24. The first-order chi connectivity index (χ1) is 9.99. The van der Waals surface area contributed by atoms with E-state index in [0.717, 1.165) is 0 Å². The number of carboxylic acids is 1. The van der Waals surface area contributed by atoms with Crippen molar-refractivity contribution in [1.29, 1.82) is 0 Å². The van der Waals surface area contributed by atoms with Gasteiger partial charge in [-0.05, 0) is 30.7 Å². The van der Waals surface area contributed by atoms with Gasteiger partial charge in [0.25, 0.3) is 0 Å². The Kier molecular flexibility index (Phi) is 4.28. The first kappa shape index (κ1) is 15.1. The number of ether oxygens (including phenoxy) is 1. The Labute approximate surface area is 125 Å². The number of rotatable bonds is 4. The van der Waals surface area contributed by atoms with Crippen molar-refractivity contribution in [2.75, 3.05) is 7.11 Å². The highest BCUT2D eigenvalue weighted by molar-refractivity contribution is 6.33. The number of aromatic carboxylic acids is 1. The van der Waals surface area contributed by atoms with E-state index in [9.17, 15) is 14.7 Å². The van der Waals surface area contributed by atoms with Gasteiger partial charge < -0.3 is 9.84 Å². The molecule has 1 aromatic heterocycles. The van der Waals surface area contributed by atoms with Gasteiger partial charge in [-0.2, -0.15) is 5.10 Å². The summed E-state index contributed by atoms with van der Waals surface area (Å²) in [7, 11) is 1.30. The first-order valence-electron chi connectivity index (χ1n) is 6.19. The van der Waals surface area contributed by atoms with Crippen molar-refractivity contribution in [3.8, 4) is 5.69 Å². The highest BCUT2D eigenvalue weighted by Gasteiger charge is 2.21. The van der Waals surface area contributed by atoms with Gasteiger partial charge in [0.1, 0.15) is 10.7 Å². The van der Waals surface area contributed by atoms with Crippen LogP contribution in [0.25, 0.3) is 5.69 Å². The fraction of sp³-hybridized carbons (Fsp3) is 0.214. The number of aromatic nitrogens is 2. The van der Waals surface area contributed by atoms with E-state index >= 15 is 0 Å². The van der Waals surface area contributed by atoms with E-state index in [1.807, 2.05) is 0 Å². The van der Waals surface area contributed by atoms with E-state index in [2.05, 4.69) is 9.84 Å². The summed E-state index contributed by atoms with van der Waals surface area (Å²) in [6.07, 6.45) is 0.453. The molecule has 7 heteroatoms. The standard InChI is InChI=1S/C14H13ClN2O4/c1-3-10-11(13(18)19)12(15)17(16-10)9-6-4-8(5-7-9)14(20)21-2/h4-7H,3H2,1-2H3,(H,18,19). The van der Waals surface area contributed by atoms with Gasteiger partial charge in [-0.3, -0.25) is 0 Å². The third kappa shape index (κ3) is 2.75. The zero-order valence-electron chi connectivity index (χ0n) is 11.5. The molecular formula is C14H13ClN2O4. The number of methoxy groups -OCH3 is 1. The topological polar surface area (TPSA) is 81.4 Å². The fourth-order valence-electron chi connectivity index (χ4n) is 1.93. The van der Waals surface area contributed by atoms with Gasteiger partial charge in [-0.1, -0.05) is 18.5 Å². The molecule has 0 aliphatic carbocycles. The Bertz CT molecular complexity index is 692. The number of hydrogen-bond acceptors (Lipinski definition) is 4. The lowest BCUT2D eigenvalue weighted by atomic mass is 10.2. The minimum Gasteiger partial charge on any atom is -0.478 e. The van der Waals surface area contributed by atoms with Crippen LogP contribution < -0.4 is 0 Å². The van der Waals surface area contributed by atoms with Gasteiger partial charge in [-0.15, -0.1) is 0 Å². The number of carboxylic acid groups (broad SMARTS) is 1. The molecule has 2 rings (SSSR count). The van der Waals surface area contributed by atoms with Crippen LogP contribution in [0, 0.1) is 0 Å². The van der Waals surface area contributed by atoms with Crippen LogP contribution in [0.15, 0.2) is 24.3 Å². The van der Waals surface area contributed by atoms with Crippen molar-refractivity contribution in [2.24, 2.45) is 0 Å². The van der Waals surface area contributed by atoms with Gasteiger partial charge >= 0.3 is 11.9 Å². The summed E-state index contributed by atoms with van der Waals surface area (Å²) in [6.45, 7) is 1.80. The minimum absolute atomic E-state index is 0.00351. The Hall–Kier alpha value is -2.34. The van der Waals surface area contributed by atoms with Crippen LogP contribution in [-0.4, -0.2) is 33.9 Å². The van der Waals surface area contributed by atoms with Crippen LogP contribution in [0.5, 0.6) is 0 Å². The minimum atomic E-state index is -1.12. The second-order valence-electron chi connectivity index (χ2n) is 4.22. The quantitative estimate of drug-likeness (QED) is 0.878. The number of esters is 1. The first-order valence-corrected chi connectivity index (χ1v) is 6.56. The maximum atomic E-state index is 11.4. The molecule has 2 aromatic rings. The predicted octanol–water partition coefficient (Wildman–Crippen LogP) is 2.57. The fourth-order valence-corrected chi connectivity index (χ4v) is 2.25. The zero-order valence-corrected chi connectivity index (χ0v) is 12.2. The summed E-state index contributed by atoms with van der Waals surface area (Å²) in [6, 6.07) is 6.36. The third-order valence-electron chi connectivity index (χ3n) is 2.98. The molecule has 0 aliphatic rings. The van der Waals surface area contributed by atoms with E-state index < -0.39 is 11.9 Å². The average molecular weight is 309 g/mol. The molecule has 0 aliphatic heterocycles. The second-order valence-corrected chi connectivity index (χ2v) is 4.58. The number of hydrogen-bond donors (Lipinski definition) is 1. The van der Waals surface area contributed by atoms with Gasteiger partial charge in [0.2, 0.25) is 0 Å². The summed E-state index contributed by atoms with van der Waals surface area (Å²) in [5.74, 6) is -1.57. The van der Waals surface area contributed by atoms with Crippen LogP contribution in [0.4, 0.5) is 0 Å². The smallest absolute Gasteiger partial charge is 0.340 e. The molecule has 0 unspecified atom stereocenters.